The largest absolute Gasteiger partial charge is 0.598 e. The molecule has 114 valence electrons. The van der Waals surface area contributed by atoms with Gasteiger partial charge in [0, 0.05) is 27.2 Å². The van der Waals surface area contributed by atoms with E-state index in [0.29, 0.717) is 5.92 Å². The lowest BCUT2D eigenvalue weighted by Gasteiger charge is -2.28. The van der Waals surface area contributed by atoms with E-state index in [1.54, 1.807) is 11.3 Å². The van der Waals surface area contributed by atoms with Crippen molar-refractivity contribution in [2.24, 2.45) is 11.7 Å². The zero-order chi connectivity index (χ0) is 15.5. The van der Waals surface area contributed by atoms with Crippen molar-refractivity contribution in [3.05, 3.63) is 21.9 Å². The van der Waals surface area contributed by atoms with Gasteiger partial charge in [0.25, 0.3) is 0 Å². The fourth-order valence-corrected chi connectivity index (χ4v) is 3.56. The summed E-state index contributed by atoms with van der Waals surface area (Å²) in [6.45, 7) is 10.2. The number of thiophene rings is 1. The van der Waals surface area contributed by atoms with Gasteiger partial charge in [0.15, 0.2) is 0 Å². The van der Waals surface area contributed by atoms with E-state index in [4.69, 9.17) is 11.1 Å². The molecule has 0 bridgehead atoms. The average Bonchev–Trinajstić information content (AvgIpc) is 2.75. The predicted octanol–water partition coefficient (Wildman–Crippen LogP) is 3.17. The van der Waals surface area contributed by atoms with Crippen molar-refractivity contribution in [3.63, 3.8) is 0 Å². The zero-order valence-corrected chi connectivity index (χ0v) is 14.5. The molecule has 1 rings (SSSR count). The summed E-state index contributed by atoms with van der Waals surface area (Å²) < 4.78 is 15.2. The Labute approximate surface area is 129 Å². The van der Waals surface area contributed by atoms with Crippen molar-refractivity contribution in [1.82, 2.24) is 4.72 Å². The molecule has 4 N–H and O–H groups in total. The van der Waals surface area contributed by atoms with Crippen LogP contribution in [0.25, 0.3) is 0 Å². The summed E-state index contributed by atoms with van der Waals surface area (Å²) in [7, 11) is 0. The molecule has 0 amide bonds. The van der Waals surface area contributed by atoms with Crippen molar-refractivity contribution < 1.29 is 4.55 Å². The van der Waals surface area contributed by atoms with Gasteiger partial charge in [-0.15, -0.1) is 16.1 Å². The Morgan fingerprint density at radius 1 is 1.50 bits per heavy atom. The molecule has 1 aromatic rings. The molecule has 4 nitrogen and oxygen atoms in total. The summed E-state index contributed by atoms with van der Waals surface area (Å²) in [6, 6.07) is 1.96. The van der Waals surface area contributed by atoms with Crippen LogP contribution in [0, 0.1) is 11.3 Å². The zero-order valence-electron chi connectivity index (χ0n) is 12.8. The lowest BCUT2D eigenvalue weighted by Crippen LogP contribution is -2.41. The minimum atomic E-state index is -1.11. The Morgan fingerprint density at radius 2 is 2.10 bits per heavy atom. The van der Waals surface area contributed by atoms with E-state index in [1.165, 1.54) is 0 Å². The van der Waals surface area contributed by atoms with Gasteiger partial charge in [0.2, 0.25) is 0 Å². The van der Waals surface area contributed by atoms with E-state index in [9.17, 15) is 4.55 Å². The molecule has 0 saturated heterocycles. The minimum Gasteiger partial charge on any atom is -0.598 e. The first-order valence-electron chi connectivity index (χ1n) is 6.72. The van der Waals surface area contributed by atoms with Crippen LogP contribution in [0.15, 0.2) is 11.4 Å². The first-order chi connectivity index (χ1) is 9.11. The van der Waals surface area contributed by atoms with Gasteiger partial charge in [-0.05, 0) is 39.2 Å². The number of nitrogens with one attached hydrogen (secondary N) is 2. The second kappa shape index (κ2) is 6.93. The highest BCUT2D eigenvalue weighted by atomic mass is 32.2. The van der Waals surface area contributed by atoms with Crippen LogP contribution in [0.1, 0.15) is 57.5 Å². The molecular formula is C14H25N3OS2. The van der Waals surface area contributed by atoms with Gasteiger partial charge in [-0.2, -0.15) is 0 Å². The van der Waals surface area contributed by atoms with E-state index in [0.717, 1.165) is 16.9 Å². The summed E-state index contributed by atoms with van der Waals surface area (Å²) in [5.74, 6) is 0.570. The third kappa shape index (κ3) is 5.09. The van der Waals surface area contributed by atoms with E-state index in [-0.39, 0.29) is 16.6 Å². The summed E-state index contributed by atoms with van der Waals surface area (Å²) in [5, 5.41) is 9.36. The van der Waals surface area contributed by atoms with Crippen LogP contribution < -0.4 is 10.5 Å². The lowest BCUT2D eigenvalue weighted by molar-refractivity contribution is 0.466. The molecule has 0 saturated carbocycles. The smallest absolute Gasteiger partial charge is 0.136 e. The van der Waals surface area contributed by atoms with Crippen molar-refractivity contribution in [3.8, 4) is 0 Å². The van der Waals surface area contributed by atoms with Crippen LogP contribution >= 0.6 is 11.3 Å². The second-order valence-corrected chi connectivity index (χ2v) is 9.27. The normalized spacial score (nSPS) is 15.3. The molecule has 6 heteroatoms. The summed E-state index contributed by atoms with van der Waals surface area (Å²) >= 11 is 0.449. The van der Waals surface area contributed by atoms with Crippen LogP contribution in [0.2, 0.25) is 0 Å². The summed E-state index contributed by atoms with van der Waals surface area (Å²) in [6.07, 6.45) is 0.902. The molecule has 1 heterocycles. The van der Waals surface area contributed by atoms with Gasteiger partial charge >= 0.3 is 0 Å². The quantitative estimate of drug-likeness (QED) is 0.428. The molecular weight excluding hydrogens is 290 g/mol. The number of nitrogens with two attached hydrogens (primary N) is 1. The van der Waals surface area contributed by atoms with Gasteiger partial charge in [0.05, 0.1) is 6.04 Å². The van der Waals surface area contributed by atoms with Gasteiger partial charge in [-0.3, -0.25) is 5.41 Å². The second-order valence-electron chi connectivity index (χ2n) is 6.33. The molecule has 0 radical (unpaired) electrons. The number of rotatable bonds is 6. The topological polar surface area (TPSA) is 85.0 Å². The van der Waals surface area contributed by atoms with Crippen LogP contribution in [-0.2, 0) is 11.4 Å². The van der Waals surface area contributed by atoms with Gasteiger partial charge in [-0.1, -0.05) is 13.8 Å². The molecule has 20 heavy (non-hydrogen) atoms. The third-order valence-corrected chi connectivity index (χ3v) is 5.44. The monoisotopic (exact) mass is 315 g/mol. The standard InChI is InChI=1S/C14H25N3OS2/c1-9(2)6-11(17-20(18)14(3,4)5)12-7-10(8-19-12)13(15)16/h7-9,11,17H,6H2,1-5H3,(H3,15,16)/t11-,20?/m1/s1. The molecule has 0 aliphatic rings. The van der Waals surface area contributed by atoms with Crippen LogP contribution in [0.4, 0.5) is 0 Å². The van der Waals surface area contributed by atoms with E-state index in [2.05, 4.69) is 18.6 Å². The first-order valence-corrected chi connectivity index (χ1v) is 8.75. The highest BCUT2D eigenvalue weighted by Crippen LogP contribution is 2.29. The highest BCUT2D eigenvalue weighted by Gasteiger charge is 2.30. The van der Waals surface area contributed by atoms with E-state index < -0.39 is 11.4 Å². The molecule has 0 fully saturated rings. The third-order valence-electron chi connectivity index (χ3n) is 2.79. The fourth-order valence-electron chi connectivity index (χ4n) is 1.68. The molecule has 0 aromatic carbocycles. The van der Waals surface area contributed by atoms with Crippen molar-refractivity contribution in [2.45, 2.75) is 51.8 Å². The van der Waals surface area contributed by atoms with Gasteiger partial charge in [-0.25, -0.2) is 0 Å². The van der Waals surface area contributed by atoms with Gasteiger partial charge in [0.1, 0.15) is 10.6 Å². The van der Waals surface area contributed by atoms with Crippen molar-refractivity contribution >= 4 is 28.5 Å². The highest BCUT2D eigenvalue weighted by molar-refractivity contribution is 7.90. The fraction of sp³-hybridized carbons (Fsp3) is 0.643. The Kier molecular flexibility index (Phi) is 6.06. The molecule has 0 spiro atoms. The van der Waals surface area contributed by atoms with Crippen molar-refractivity contribution in [2.75, 3.05) is 0 Å². The van der Waals surface area contributed by atoms with Crippen LogP contribution in [0.3, 0.4) is 0 Å². The maximum atomic E-state index is 12.3. The predicted molar refractivity (Wildman–Crippen MR) is 88.6 cm³/mol. The van der Waals surface area contributed by atoms with E-state index in [1.807, 2.05) is 32.2 Å². The molecule has 0 aliphatic carbocycles. The number of hydrogen-bond acceptors (Lipinski definition) is 4. The molecule has 0 aliphatic heterocycles. The number of nitrogen functional groups attached to an aromatic ring is 1. The Balaban J connectivity index is 2.90. The SMILES string of the molecule is CC(C)C[C@@H](N[S+]([O-])C(C)(C)C)c1cc(C(=N)N)cs1. The van der Waals surface area contributed by atoms with Gasteiger partial charge < -0.3 is 10.3 Å². The summed E-state index contributed by atoms with van der Waals surface area (Å²) in [5.41, 5.74) is 6.25. The Bertz CT molecular complexity index is 452. The van der Waals surface area contributed by atoms with Crippen molar-refractivity contribution in [1.29, 1.82) is 5.41 Å². The maximum absolute atomic E-state index is 12.3. The van der Waals surface area contributed by atoms with Crippen LogP contribution in [0.5, 0.6) is 0 Å². The first kappa shape index (κ1) is 17.5. The molecule has 2 atom stereocenters. The summed E-state index contributed by atoms with van der Waals surface area (Å²) in [4.78, 5) is 1.08. The minimum absolute atomic E-state index is 0.0353. The Morgan fingerprint density at radius 3 is 2.50 bits per heavy atom. The van der Waals surface area contributed by atoms with Crippen LogP contribution in [-0.4, -0.2) is 15.1 Å². The maximum Gasteiger partial charge on any atom is 0.136 e. The van der Waals surface area contributed by atoms with E-state index >= 15 is 0 Å². The number of amidine groups is 1. The molecule has 1 aromatic heterocycles. The Hall–Kier alpha value is -0.560. The lowest BCUT2D eigenvalue weighted by atomic mass is 10.0. The molecule has 1 unspecified atom stereocenters. The average molecular weight is 316 g/mol. The number of hydrogen-bond donors (Lipinski definition) is 3.